The summed E-state index contributed by atoms with van der Waals surface area (Å²) in [6.07, 6.45) is 8.57. The highest BCUT2D eigenvalue weighted by molar-refractivity contribution is 5.23. The molecule has 1 saturated carbocycles. The fourth-order valence-corrected chi connectivity index (χ4v) is 2.89. The van der Waals surface area contributed by atoms with Crippen LogP contribution >= 0.6 is 0 Å². The number of hydrogen-bond acceptors (Lipinski definition) is 3. The highest BCUT2D eigenvalue weighted by atomic mass is 16.5. The molecule has 1 aliphatic carbocycles. The highest BCUT2D eigenvalue weighted by Gasteiger charge is 2.22. The Balaban J connectivity index is 1.91. The second-order valence-corrected chi connectivity index (χ2v) is 7.27. The van der Waals surface area contributed by atoms with Crippen molar-refractivity contribution in [3.8, 4) is 5.75 Å². The first-order valence-electron chi connectivity index (χ1n) is 8.33. The van der Waals surface area contributed by atoms with Gasteiger partial charge in [-0.15, -0.1) is 0 Å². The molecule has 0 radical (unpaired) electrons. The van der Waals surface area contributed by atoms with Crippen molar-refractivity contribution in [1.82, 2.24) is 10.3 Å². The van der Waals surface area contributed by atoms with Crippen LogP contribution in [0.5, 0.6) is 5.75 Å². The molecule has 0 saturated heterocycles. The van der Waals surface area contributed by atoms with E-state index in [4.69, 9.17) is 4.74 Å². The van der Waals surface area contributed by atoms with Gasteiger partial charge in [0.2, 0.25) is 0 Å². The first-order valence-corrected chi connectivity index (χ1v) is 8.33. The maximum absolute atomic E-state index is 6.19. The molecule has 3 nitrogen and oxygen atoms in total. The Hall–Kier alpha value is -1.09. The van der Waals surface area contributed by atoms with Crippen molar-refractivity contribution in [1.29, 1.82) is 0 Å². The summed E-state index contributed by atoms with van der Waals surface area (Å²) in [4.78, 5) is 4.42. The van der Waals surface area contributed by atoms with Gasteiger partial charge in [-0.25, -0.2) is 0 Å². The van der Waals surface area contributed by atoms with Crippen LogP contribution < -0.4 is 10.1 Å². The van der Waals surface area contributed by atoms with Gasteiger partial charge in [0.1, 0.15) is 5.75 Å². The predicted octanol–water partition coefficient (Wildman–Crippen LogP) is 4.32. The van der Waals surface area contributed by atoms with Crippen LogP contribution in [-0.2, 0) is 6.54 Å². The Kier molecular flexibility index (Phi) is 5.63. The predicted molar refractivity (Wildman–Crippen MR) is 87.5 cm³/mol. The quantitative estimate of drug-likeness (QED) is 0.877. The van der Waals surface area contributed by atoms with Crippen LogP contribution in [0.3, 0.4) is 0 Å². The Labute approximate surface area is 129 Å². The van der Waals surface area contributed by atoms with Crippen LogP contribution in [0.2, 0.25) is 0 Å². The van der Waals surface area contributed by atoms with Crippen LogP contribution in [0.25, 0.3) is 0 Å². The summed E-state index contributed by atoms with van der Waals surface area (Å²) in [5, 5.41) is 3.47. The number of nitrogens with zero attached hydrogens (tertiary/aromatic N) is 1. The molecule has 0 bridgehead atoms. The number of nitrogens with one attached hydrogen (secondary N) is 1. The van der Waals surface area contributed by atoms with Crippen molar-refractivity contribution in [2.45, 2.75) is 78.0 Å². The van der Waals surface area contributed by atoms with Crippen molar-refractivity contribution in [3.63, 3.8) is 0 Å². The molecule has 21 heavy (non-hydrogen) atoms. The third-order valence-corrected chi connectivity index (χ3v) is 4.20. The van der Waals surface area contributed by atoms with Gasteiger partial charge in [-0.05, 0) is 52.0 Å². The molecule has 0 amide bonds. The van der Waals surface area contributed by atoms with Crippen molar-refractivity contribution in [2.24, 2.45) is 5.92 Å². The van der Waals surface area contributed by atoms with E-state index in [-0.39, 0.29) is 5.54 Å². The summed E-state index contributed by atoms with van der Waals surface area (Å²) in [5.74, 6) is 1.81. The van der Waals surface area contributed by atoms with Gasteiger partial charge >= 0.3 is 0 Å². The topological polar surface area (TPSA) is 34.1 Å². The molecule has 1 aliphatic rings. The van der Waals surface area contributed by atoms with Crippen LogP contribution in [0, 0.1) is 5.92 Å². The number of pyridine rings is 1. The van der Waals surface area contributed by atoms with Crippen LogP contribution in [0.1, 0.15) is 65.5 Å². The van der Waals surface area contributed by atoms with E-state index in [1.807, 2.05) is 12.3 Å². The lowest BCUT2D eigenvalue weighted by molar-refractivity contribution is 0.122. The lowest BCUT2D eigenvalue weighted by atomic mass is 9.85. The van der Waals surface area contributed by atoms with Gasteiger partial charge in [-0.1, -0.05) is 19.8 Å². The Morgan fingerprint density at radius 3 is 2.86 bits per heavy atom. The molecule has 1 fully saturated rings. The second-order valence-electron chi connectivity index (χ2n) is 7.27. The Bertz CT molecular complexity index is 439. The lowest BCUT2D eigenvalue weighted by Gasteiger charge is -2.29. The summed E-state index contributed by atoms with van der Waals surface area (Å²) >= 11 is 0. The molecular formula is C18H30N2O. The Morgan fingerprint density at radius 2 is 2.14 bits per heavy atom. The fraction of sp³-hybridized carbons (Fsp3) is 0.722. The normalized spacial score (nSPS) is 23.0. The molecule has 0 aromatic carbocycles. The van der Waals surface area contributed by atoms with Gasteiger partial charge in [-0.3, -0.25) is 4.98 Å². The van der Waals surface area contributed by atoms with E-state index in [9.17, 15) is 0 Å². The summed E-state index contributed by atoms with van der Waals surface area (Å²) in [6.45, 7) is 9.57. The summed E-state index contributed by atoms with van der Waals surface area (Å²) in [7, 11) is 0. The molecule has 118 valence electrons. The molecule has 2 rings (SSSR count). The third-order valence-electron chi connectivity index (χ3n) is 4.20. The maximum atomic E-state index is 6.19. The lowest BCUT2D eigenvalue weighted by Crippen LogP contribution is -2.35. The first kappa shape index (κ1) is 16.3. The van der Waals surface area contributed by atoms with Crippen molar-refractivity contribution in [3.05, 3.63) is 24.0 Å². The molecule has 3 heteroatoms. The van der Waals surface area contributed by atoms with E-state index in [2.05, 4.69) is 44.1 Å². The number of ether oxygens (including phenoxy) is 1. The molecule has 2 atom stereocenters. The minimum absolute atomic E-state index is 0.107. The van der Waals surface area contributed by atoms with E-state index in [0.29, 0.717) is 6.10 Å². The minimum atomic E-state index is 0.107. The zero-order chi connectivity index (χ0) is 15.3. The molecule has 1 aromatic rings. The van der Waals surface area contributed by atoms with Gasteiger partial charge < -0.3 is 10.1 Å². The average molecular weight is 290 g/mol. The Morgan fingerprint density at radius 1 is 1.33 bits per heavy atom. The molecule has 0 aliphatic heterocycles. The van der Waals surface area contributed by atoms with Gasteiger partial charge in [-0.2, -0.15) is 0 Å². The van der Waals surface area contributed by atoms with E-state index < -0.39 is 0 Å². The van der Waals surface area contributed by atoms with Crippen LogP contribution in [-0.4, -0.2) is 16.6 Å². The van der Waals surface area contributed by atoms with Crippen LogP contribution in [0.15, 0.2) is 18.3 Å². The van der Waals surface area contributed by atoms with E-state index in [0.717, 1.165) is 23.9 Å². The zero-order valence-electron chi connectivity index (χ0n) is 14.0. The second kappa shape index (κ2) is 7.26. The van der Waals surface area contributed by atoms with Gasteiger partial charge in [0.15, 0.2) is 0 Å². The number of aromatic nitrogens is 1. The largest absolute Gasteiger partial charge is 0.490 e. The summed E-state index contributed by atoms with van der Waals surface area (Å²) in [6, 6.07) is 4.06. The maximum Gasteiger partial charge on any atom is 0.123 e. The SMILES string of the molecule is CCC1CCCC(Oc2ccnc(CNC(C)(C)C)c2)C1. The molecule has 1 aromatic heterocycles. The van der Waals surface area contributed by atoms with E-state index in [1.165, 1.54) is 32.1 Å². The van der Waals surface area contributed by atoms with Crippen molar-refractivity contribution < 1.29 is 4.74 Å². The van der Waals surface area contributed by atoms with E-state index in [1.54, 1.807) is 0 Å². The third kappa shape index (κ3) is 5.66. The van der Waals surface area contributed by atoms with Crippen LogP contribution in [0.4, 0.5) is 0 Å². The van der Waals surface area contributed by atoms with Gasteiger partial charge in [0.05, 0.1) is 11.8 Å². The smallest absolute Gasteiger partial charge is 0.123 e. The summed E-state index contributed by atoms with van der Waals surface area (Å²) < 4.78 is 6.19. The fourth-order valence-electron chi connectivity index (χ4n) is 2.89. The monoisotopic (exact) mass is 290 g/mol. The van der Waals surface area contributed by atoms with Crippen molar-refractivity contribution in [2.75, 3.05) is 0 Å². The summed E-state index contributed by atoms with van der Waals surface area (Å²) in [5.41, 5.74) is 1.15. The molecule has 1 heterocycles. The molecule has 0 spiro atoms. The molecular weight excluding hydrogens is 260 g/mol. The van der Waals surface area contributed by atoms with Crippen molar-refractivity contribution >= 4 is 0 Å². The zero-order valence-corrected chi connectivity index (χ0v) is 14.0. The number of rotatable bonds is 5. The molecule has 1 N–H and O–H groups in total. The van der Waals surface area contributed by atoms with E-state index >= 15 is 0 Å². The van der Waals surface area contributed by atoms with Gasteiger partial charge in [0, 0.05) is 24.3 Å². The molecule has 2 unspecified atom stereocenters. The first-order chi connectivity index (χ1) is 9.96. The number of hydrogen-bond donors (Lipinski definition) is 1. The average Bonchev–Trinajstić information content (AvgIpc) is 2.45. The highest BCUT2D eigenvalue weighted by Crippen LogP contribution is 2.29. The standard InChI is InChI=1S/C18H30N2O/c1-5-14-7-6-8-16(11-14)21-17-9-10-19-15(12-17)13-20-18(2,3)4/h9-10,12,14,16,20H,5-8,11,13H2,1-4H3. The minimum Gasteiger partial charge on any atom is -0.490 e. The van der Waals surface area contributed by atoms with Gasteiger partial charge in [0.25, 0.3) is 0 Å².